The van der Waals surface area contributed by atoms with Gasteiger partial charge >= 0.3 is 0 Å². The fourth-order valence-corrected chi connectivity index (χ4v) is 3.91. The van der Waals surface area contributed by atoms with E-state index in [1.54, 1.807) is 0 Å². The van der Waals surface area contributed by atoms with Gasteiger partial charge in [0.25, 0.3) is 0 Å². The Morgan fingerprint density at radius 2 is 2.17 bits per heavy atom. The minimum absolute atomic E-state index is 0.229. The van der Waals surface area contributed by atoms with Crippen LogP contribution in [0, 0.1) is 0 Å². The van der Waals surface area contributed by atoms with Crippen LogP contribution in [0.2, 0.25) is 0 Å². The molecule has 1 saturated heterocycles. The summed E-state index contributed by atoms with van der Waals surface area (Å²) in [6.45, 7) is 7.36. The van der Waals surface area contributed by atoms with Crippen LogP contribution in [0.15, 0.2) is 0 Å². The summed E-state index contributed by atoms with van der Waals surface area (Å²) >= 11 is 0. The molecule has 3 unspecified atom stereocenters. The number of morpholine rings is 1. The van der Waals surface area contributed by atoms with Crippen LogP contribution in [-0.4, -0.2) is 42.3 Å². The topological polar surface area (TPSA) is 38.5 Å². The second-order valence-corrected chi connectivity index (χ2v) is 5.99. The predicted molar refractivity (Wildman–Crippen MR) is 75.7 cm³/mol. The maximum atomic E-state index is 6.19. The lowest BCUT2D eigenvalue weighted by Gasteiger charge is -2.50. The minimum Gasteiger partial charge on any atom is -0.375 e. The monoisotopic (exact) mass is 254 g/mol. The molecule has 0 amide bonds. The van der Waals surface area contributed by atoms with Crippen LogP contribution in [0.4, 0.5) is 0 Å². The molecule has 1 aliphatic heterocycles. The van der Waals surface area contributed by atoms with Gasteiger partial charge in [-0.15, -0.1) is 0 Å². The van der Waals surface area contributed by atoms with Gasteiger partial charge in [0, 0.05) is 24.7 Å². The number of fused-ring (bicyclic) bond motifs is 1. The zero-order chi connectivity index (χ0) is 13.0. The summed E-state index contributed by atoms with van der Waals surface area (Å²) < 4.78 is 5.94. The highest BCUT2D eigenvalue weighted by Gasteiger charge is 2.44. The van der Waals surface area contributed by atoms with Crippen LogP contribution < -0.4 is 5.73 Å². The highest BCUT2D eigenvalue weighted by molar-refractivity contribution is 5.00. The van der Waals surface area contributed by atoms with Gasteiger partial charge in [-0.25, -0.2) is 0 Å². The molecular weight excluding hydrogens is 224 g/mol. The molecule has 106 valence electrons. The summed E-state index contributed by atoms with van der Waals surface area (Å²) in [6.07, 6.45) is 9.34. The molecule has 0 aromatic heterocycles. The number of nitrogens with two attached hydrogens (primary N) is 1. The van der Waals surface area contributed by atoms with Crippen molar-refractivity contribution in [3.05, 3.63) is 0 Å². The second kappa shape index (κ2) is 6.36. The zero-order valence-electron chi connectivity index (χ0n) is 12.2. The molecule has 2 aliphatic rings. The quantitative estimate of drug-likeness (QED) is 0.791. The van der Waals surface area contributed by atoms with E-state index in [1.807, 2.05) is 0 Å². The van der Waals surface area contributed by atoms with E-state index in [9.17, 15) is 0 Å². The van der Waals surface area contributed by atoms with Crippen molar-refractivity contribution < 1.29 is 4.74 Å². The lowest BCUT2D eigenvalue weighted by atomic mass is 9.85. The summed E-state index contributed by atoms with van der Waals surface area (Å²) in [4.78, 5) is 2.73. The van der Waals surface area contributed by atoms with Gasteiger partial charge in [0.2, 0.25) is 0 Å². The van der Waals surface area contributed by atoms with Gasteiger partial charge < -0.3 is 10.5 Å². The van der Waals surface area contributed by atoms with E-state index in [0.717, 1.165) is 19.7 Å². The Labute approximate surface area is 112 Å². The summed E-state index contributed by atoms with van der Waals surface area (Å²) in [6, 6.07) is 0.638. The molecule has 3 nitrogen and oxygen atoms in total. The highest BCUT2D eigenvalue weighted by Crippen LogP contribution is 2.37. The summed E-state index contributed by atoms with van der Waals surface area (Å²) in [5, 5.41) is 0. The van der Waals surface area contributed by atoms with Gasteiger partial charge in [-0.1, -0.05) is 26.7 Å². The van der Waals surface area contributed by atoms with Crippen molar-refractivity contribution in [2.45, 2.75) is 76.5 Å². The van der Waals surface area contributed by atoms with Crippen molar-refractivity contribution in [1.82, 2.24) is 4.90 Å². The van der Waals surface area contributed by atoms with E-state index in [1.165, 1.54) is 44.9 Å². The van der Waals surface area contributed by atoms with Crippen molar-refractivity contribution in [3.63, 3.8) is 0 Å². The lowest BCUT2D eigenvalue weighted by molar-refractivity contribution is -0.101. The molecule has 0 spiro atoms. The van der Waals surface area contributed by atoms with Crippen molar-refractivity contribution in [1.29, 1.82) is 0 Å². The third-order valence-corrected chi connectivity index (χ3v) is 5.13. The Morgan fingerprint density at radius 1 is 1.33 bits per heavy atom. The zero-order valence-corrected chi connectivity index (χ0v) is 12.2. The third-order valence-electron chi connectivity index (χ3n) is 5.13. The predicted octanol–water partition coefficient (Wildman–Crippen LogP) is 2.54. The van der Waals surface area contributed by atoms with Crippen LogP contribution >= 0.6 is 0 Å². The summed E-state index contributed by atoms with van der Waals surface area (Å²) in [7, 11) is 0. The SMILES string of the molecule is CCCCC(CC)(CN)N1CCOC2CCCC21. The Hall–Kier alpha value is -0.120. The maximum Gasteiger partial charge on any atom is 0.0731 e. The molecule has 3 heteroatoms. The average molecular weight is 254 g/mol. The molecule has 2 rings (SSSR count). The van der Waals surface area contributed by atoms with Gasteiger partial charge in [0.05, 0.1) is 12.7 Å². The molecule has 1 aliphatic carbocycles. The van der Waals surface area contributed by atoms with Crippen molar-refractivity contribution in [2.24, 2.45) is 5.73 Å². The number of nitrogens with zero attached hydrogens (tertiary/aromatic N) is 1. The number of ether oxygens (including phenoxy) is 1. The Bertz CT molecular complexity index is 253. The average Bonchev–Trinajstić information content (AvgIpc) is 2.89. The fraction of sp³-hybridized carbons (Fsp3) is 1.00. The largest absolute Gasteiger partial charge is 0.375 e. The Balaban J connectivity index is 2.12. The summed E-state index contributed by atoms with van der Waals surface area (Å²) in [5.41, 5.74) is 6.42. The molecular formula is C15H30N2O. The van der Waals surface area contributed by atoms with Crippen molar-refractivity contribution in [3.8, 4) is 0 Å². The normalized spacial score (nSPS) is 32.2. The lowest BCUT2D eigenvalue weighted by Crippen LogP contribution is -2.62. The van der Waals surface area contributed by atoms with Crippen molar-refractivity contribution in [2.75, 3.05) is 19.7 Å². The van der Waals surface area contributed by atoms with Gasteiger partial charge in [0.15, 0.2) is 0 Å². The van der Waals surface area contributed by atoms with E-state index in [0.29, 0.717) is 12.1 Å². The molecule has 0 radical (unpaired) electrons. The van der Waals surface area contributed by atoms with E-state index in [-0.39, 0.29) is 5.54 Å². The fourth-order valence-electron chi connectivity index (χ4n) is 3.91. The van der Waals surface area contributed by atoms with Crippen LogP contribution in [0.1, 0.15) is 58.8 Å². The van der Waals surface area contributed by atoms with E-state index < -0.39 is 0 Å². The van der Waals surface area contributed by atoms with E-state index in [2.05, 4.69) is 18.7 Å². The number of unbranched alkanes of at least 4 members (excludes halogenated alkanes) is 1. The Morgan fingerprint density at radius 3 is 2.83 bits per heavy atom. The highest BCUT2D eigenvalue weighted by atomic mass is 16.5. The minimum atomic E-state index is 0.229. The molecule has 0 bridgehead atoms. The van der Waals surface area contributed by atoms with Crippen molar-refractivity contribution >= 4 is 0 Å². The third kappa shape index (κ3) is 2.59. The molecule has 0 aromatic rings. The van der Waals surface area contributed by atoms with Crippen LogP contribution in [0.25, 0.3) is 0 Å². The first-order valence-electron chi connectivity index (χ1n) is 7.86. The van der Waals surface area contributed by atoms with Gasteiger partial charge in [-0.3, -0.25) is 4.90 Å². The standard InChI is InChI=1S/C15H30N2O/c1-3-5-9-15(4-2,12-16)17-10-11-18-14-8-6-7-13(14)17/h13-14H,3-12,16H2,1-2H3. The van der Waals surface area contributed by atoms with Crippen LogP contribution in [0.3, 0.4) is 0 Å². The smallest absolute Gasteiger partial charge is 0.0731 e. The molecule has 3 atom stereocenters. The molecule has 1 saturated carbocycles. The molecule has 1 heterocycles. The Kier molecular flexibility index (Phi) is 5.05. The van der Waals surface area contributed by atoms with E-state index in [4.69, 9.17) is 10.5 Å². The van der Waals surface area contributed by atoms with Gasteiger partial charge in [-0.2, -0.15) is 0 Å². The molecule has 2 N–H and O–H groups in total. The van der Waals surface area contributed by atoms with Crippen LogP contribution in [0.5, 0.6) is 0 Å². The first-order valence-corrected chi connectivity index (χ1v) is 7.86. The number of hydrogen-bond donors (Lipinski definition) is 1. The summed E-state index contributed by atoms with van der Waals surface area (Å²) in [5.74, 6) is 0. The molecule has 18 heavy (non-hydrogen) atoms. The first kappa shape index (κ1) is 14.3. The van der Waals surface area contributed by atoms with Gasteiger partial charge in [0.1, 0.15) is 0 Å². The van der Waals surface area contributed by atoms with Crippen LogP contribution in [-0.2, 0) is 4.74 Å². The number of hydrogen-bond acceptors (Lipinski definition) is 3. The van der Waals surface area contributed by atoms with E-state index >= 15 is 0 Å². The maximum absolute atomic E-state index is 6.19. The van der Waals surface area contributed by atoms with Gasteiger partial charge in [-0.05, 0) is 32.1 Å². The molecule has 2 fully saturated rings. The first-order chi connectivity index (χ1) is 8.77. The number of rotatable bonds is 6. The second-order valence-electron chi connectivity index (χ2n) is 5.99. The molecule has 0 aromatic carbocycles.